The topological polar surface area (TPSA) is 69.2 Å². The molecule has 0 aliphatic carbocycles. The average Bonchev–Trinajstić information content (AvgIpc) is 3.23. The molecule has 3 atom stereocenters. The van der Waals surface area contributed by atoms with Crippen molar-refractivity contribution in [3.8, 4) is 5.75 Å². The first kappa shape index (κ1) is 16.8. The fraction of sp³-hybridized carbons (Fsp3) is 0.556. The Morgan fingerprint density at radius 2 is 2.21 bits per heavy atom. The normalized spacial score (nSPS) is 25.9. The number of para-hydroxylation sites is 1. The van der Waals surface area contributed by atoms with Gasteiger partial charge in [0.2, 0.25) is 5.91 Å². The van der Waals surface area contributed by atoms with Crippen LogP contribution >= 0.6 is 0 Å². The molecule has 130 valence electrons. The van der Waals surface area contributed by atoms with Crippen LogP contribution in [0, 0.1) is 11.8 Å². The van der Waals surface area contributed by atoms with Crippen molar-refractivity contribution in [3.05, 3.63) is 30.3 Å². The van der Waals surface area contributed by atoms with Crippen LogP contribution in [-0.2, 0) is 14.4 Å². The van der Waals surface area contributed by atoms with E-state index in [1.165, 1.54) is 0 Å². The number of nitrogens with zero attached hydrogens (tertiary/aromatic N) is 1. The molecule has 0 aromatic heterocycles. The van der Waals surface area contributed by atoms with Crippen LogP contribution in [0.3, 0.4) is 0 Å². The third-order valence-electron chi connectivity index (χ3n) is 4.50. The minimum atomic E-state index is -0.156. The lowest BCUT2D eigenvalue weighted by molar-refractivity contribution is -0.120. The maximum atomic E-state index is 12.1. The van der Waals surface area contributed by atoms with Gasteiger partial charge in [0.1, 0.15) is 12.4 Å². The highest BCUT2D eigenvalue weighted by Crippen LogP contribution is 2.21. The maximum Gasteiger partial charge on any atom is 0.225 e. The zero-order valence-electron chi connectivity index (χ0n) is 13.9. The lowest BCUT2D eigenvalue weighted by atomic mass is 9.97. The van der Waals surface area contributed by atoms with E-state index in [0.717, 1.165) is 31.1 Å². The molecule has 2 heterocycles. The number of carbonyl (C=O) groups is 1. The molecule has 0 radical (unpaired) electrons. The van der Waals surface area contributed by atoms with E-state index in [0.29, 0.717) is 19.1 Å². The third kappa shape index (κ3) is 4.47. The van der Waals surface area contributed by atoms with Crippen LogP contribution in [0.15, 0.2) is 35.5 Å². The maximum absolute atomic E-state index is 12.1. The Morgan fingerprint density at radius 1 is 1.38 bits per heavy atom. The van der Waals surface area contributed by atoms with Crippen molar-refractivity contribution in [1.82, 2.24) is 5.32 Å². The summed E-state index contributed by atoms with van der Waals surface area (Å²) in [6.07, 6.45) is 1.13. The lowest BCUT2D eigenvalue weighted by Gasteiger charge is -2.15. The van der Waals surface area contributed by atoms with E-state index in [4.69, 9.17) is 14.3 Å². The summed E-state index contributed by atoms with van der Waals surface area (Å²) in [4.78, 5) is 17.5. The zero-order chi connectivity index (χ0) is 16.8. The summed E-state index contributed by atoms with van der Waals surface area (Å²) in [5.74, 6) is 1.29. The predicted molar refractivity (Wildman–Crippen MR) is 90.0 cm³/mol. The second kappa shape index (κ2) is 8.15. The standard InChI is InChI=1S/C18H24N2O4/c1-13-16(9-18(21)19-10-14-7-8-22-11-14)20-24-17(13)12-23-15-5-3-2-4-6-15/h2-6,13-14,17H,7-12H2,1H3,(H,19,21). The smallest absolute Gasteiger partial charge is 0.225 e. The summed E-state index contributed by atoms with van der Waals surface area (Å²) in [5, 5.41) is 7.04. The van der Waals surface area contributed by atoms with Crippen LogP contribution < -0.4 is 10.1 Å². The van der Waals surface area contributed by atoms with Crippen molar-refractivity contribution in [1.29, 1.82) is 0 Å². The lowest BCUT2D eigenvalue weighted by Crippen LogP contribution is -2.33. The van der Waals surface area contributed by atoms with E-state index in [1.807, 2.05) is 37.3 Å². The number of rotatable bonds is 7. The minimum Gasteiger partial charge on any atom is -0.490 e. The van der Waals surface area contributed by atoms with Crippen molar-refractivity contribution < 1.29 is 19.1 Å². The van der Waals surface area contributed by atoms with Gasteiger partial charge in [0.25, 0.3) is 0 Å². The second-order valence-electron chi connectivity index (χ2n) is 6.35. The Balaban J connectivity index is 1.40. The molecule has 1 saturated heterocycles. The van der Waals surface area contributed by atoms with E-state index in [2.05, 4.69) is 10.5 Å². The Morgan fingerprint density at radius 3 is 2.96 bits per heavy atom. The number of amides is 1. The van der Waals surface area contributed by atoms with Gasteiger partial charge in [-0.25, -0.2) is 0 Å². The molecule has 6 nitrogen and oxygen atoms in total. The van der Waals surface area contributed by atoms with Gasteiger partial charge in [0, 0.05) is 25.0 Å². The number of ether oxygens (including phenoxy) is 2. The van der Waals surface area contributed by atoms with E-state index >= 15 is 0 Å². The van der Waals surface area contributed by atoms with Crippen molar-refractivity contribution >= 4 is 11.6 Å². The summed E-state index contributed by atoms with van der Waals surface area (Å²) in [6, 6.07) is 9.61. The van der Waals surface area contributed by atoms with Crippen LogP contribution in [0.4, 0.5) is 0 Å². The van der Waals surface area contributed by atoms with E-state index in [-0.39, 0.29) is 24.3 Å². The summed E-state index contributed by atoms with van der Waals surface area (Å²) in [7, 11) is 0. The molecular formula is C18H24N2O4. The van der Waals surface area contributed by atoms with Gasteiger partial charge in [0.05, 0.1) is 18.7 Å². The van der Waals surface area contributed by atoms with Crippen LogP contribution in [0.5, 0.6) is 5.75 Å². The Bertz CT molecular complexity index is 570. The molecule has 0 spiro atoms. The van der Waals surface area contributed by atoms with E-state index in [1.54, 1.807) is 0 Å². The minimum absolute atomic E-state index is 0.0132. The summed E-state index contributed by atoms with van der Waals surface area (Å²) in [5.41, 5.74) is 0.775. The number of oxime groups is 1. The summed E-state index contributed by atoms with van der Waals surface area (Å²) >= 11 is 0. The van der Waals surface area contributed by atoms with Gasteiger partial charge < -0.3 is 19.6 Å². The number of hydrogen-bond acceptors (Lipinski definition) is 5. The first-order chi connectivity index (χ1) is 11.7. The number of nitrogens with one attached hydrogen (secondary N) is 1. The Kier molecular flexibility index (Phi) is 5.69. The molecule has 0 bridgehead atoms. The van der Waals surface area contributed by atoms with Crippen LogP contribution in [0.25, 0.3) is 0 Å². The molecule has 6 heteroatoms. The quantitative estimate of drug-likeness (QED) is 0.829. The molecule has 1 N–H and O–H groups in total. The fourth-order valence-corrected chi connectivity index (χ4v) is 2.82. The van der Waals surface area contributed by atoms with Gasteiger partial charge >= 0.3 is 0 Å². The van der Waals surface area contributed by atoms with E-state index in [9.17, 15) is 4.79 Å². The average molecular weight is 332 g/mol. The van der Waals surface area contributed by atoms with Crippen molar-refractivity contribution in [3.63, 3.8) is 0 Å². The fourth-order valence-electron chi connectivity index (χ4n) is 2.82. The molecule has 1 fully saturated rings. The molecule has 0 saturated carbocycles. The number of carbonyl (C=O) groups excluding carboxylic acids is 1. The molecule has 1 aromatic carbocycles. The highest BCUT2D eigenvalue weighted by atomic mass is 16.7. The van der Waals surface area contributed by atoms with Crippen molar-refractivity contribution in [2.75, 3.05) is 26.4 Å². The molecule has 2 aliphatic heterocycles. The van der Waals surface area contributed by atoms with Crippen LogP contribution in [0.1, 0.15) is 19.8 Å². The third-order valence-corrected chi connectivity index (χ3v) is 4.50. The van der Waals surface area contributed by atoms with Crippen molar-refractivity contribution in [2.45, 2.75) is 25.9 Å². The molecule has 3 rings (SSSR count). The largest absolute Gasteiger partial charge is 0.490 e. The second-order valence-corrected chi connectivity index (χ2v) is 6.35. The van der Waals surface area contributed by atoms with Crippen molar-refractivity contribution in [2.24, 2.45) is 17.0 Å². The zero-order valence-corrected chi connectivity index (χ0v) is 13.9. The molecule has 24 heavy (non-hydrogen) atoms. The molecule has 3 unspecified atom stereocenters. The Labute approximate surface area is 142 Å². The SMILES string of the molecule is CC1C(CC(=O)NCC2CCOC2)=NOC1COc1ccccc1. The number of benzene rings is 1. The first-order valence-corrected chi connectivity index (χ1v) is 8.47. The van der Waals surface area contributed by atoms with E-state index < -0.39 is 0 Å². The molecule has 1 aromatic rings. The molecular weight excluding hydrogens is 308 g/mol. The van der Waals surface area contributed by atoms with Gasteiger partial charge in [-0.3, -0.25) is 4.79 Å². The molecule has 2 aliphatic rings. The Hall–Kier alpha value is -2.08. The predicted octanol–water partition coefficient (Wildman–Crippen LogP) is 2.00. The summed E-state index contributed by atoms with van der Waals surface area (Å²) in [6.45, 7) is 4.63. The monoisotopic (exact) mass is 332 g/mol. The number of hydrogen-bond donors (Lipinski definition) is 1. The van der Waals surface area contributed by atoms with Gasteiger partial charge in [-0.2, -0.15) is 0 Å². The van der Waals surface area contributed by atoms with Crippen LogP contribution in [-0.4, -0.2) is 44.1 Å². The summed E-state index contributed by atoms with van der Waals surface area (Å²) < 4.78 is 11.0. The van der Waals surface area contributed by atoms with Gasteiger partial charge in [-0.15, -0.1) is 0 Å². The highest BCUT2D eigenvalue weighted by molar-refractivity contribution is 6.02. The first-order valence-electron chi connectivity index (χ1n) is 8.47. The highest BCUT2D eigenvalue weighted by Gasteiger charge is 2.32. The van der Waals surface area contributed by atoms with Gasteiger partial charge in [0.15, 0.2) is 6.10 Å². The van der Waals surface area contributed by atoms with Gasteiger partial charge in [-0.05, 0) is 18.6 Å². The molecule has 1 amide bonds. The van der Waals surface area contributed by atoms with Crippen LogP contribution in [0.2, 0.25) is 0 Å². The van der Waals surface area contributed by atoms with Gasteiger partial charge in [-0.1, -0.05) is 30.3 Å².